The molecule has 3 heterocycles. The van der Waals surface area contributed by atoms with Gasteiger partial charge in [0.25, 0.3) is 11.8 Å². The molecule has 1 aromatic carbocycles. The predicted octanol–water partition coefficient (Wildman–Crippen LogP) is 1.13. The topological polar surface area (TPSA) is 103 Å². The molecule has 0 radical (unpaired) electrons. The largest absolute Gasteiger partial charge is 0.491 e. The van der Waals surface area contributed by atoms with E-state index in [1.807, 2.05) is 0 Å². The molecule has 5 atom stereocenters. The van der Waals surface area contributed by atoms with E-state index in [-0.39, 0.29) is 22.1 Å². The maximum Gasteiger partial charge on any atom is 0.263 e. The van der Waals surface area contributed by atoms with Crippen molar-refractivity contribution in [3.8, 4) is 11.5 Å². The summed E-state index contributed by atoms with van der Waals surface area (Å²) in [7, 11) is 6.10. The molecule has 3 aliphatic rings. The lowest BCUT2D eigenvalue weighted by Gasteiger charge is -2.53. The number of aliphatic hydroxyl groups excluding tert-OH is 1. The fourth-order valence-corrected chi connectivity index (χ4v) is 7.26. The van der Waals surface area contributed by atoms with E-state index in [0.717, 1.165) is 11.8 Å². The molecule has 1 aromatic rings. The van der Waals surface area contributed by atoms with Gasteiger partial charge in [-0.25, -0.2) is 0 Å². The van der Waals surface area contributed by atoms with Gasteiger partial charge in [-0.05, 0) is 25.5 Å². The van der Waals surface area contributed by atoms with Crippen LogP contribution in [-0.2, 0) is 15.2 Å². The average Bonchev–Trinajstić information content (AvgIpc) is 3.13. The SMILES string of the molecule is COc1c(Cl)cc2c(c1OC)N(C)[C@@H]1N3C(=O)[C@@](C)(SC)N(C)C(=O)[C@@]3(SC)[C@@H](O)[C@]21O. The van der Waals surface area contributed by atoms with E-state index >= 15 is 0 Å². The molecule has 0 bridgehead atoms. The molecule has 32 heavy (non-hydrogen) atoms. The monoisotopic (exact) mass is 503 g/mol. The van der Waals surface area contributed by atoms with E-state index in [4.69, 9.17) is 21.1 Å². The standard InChI is InChI=1S/C20H26ClN3O6S2/c1-18(31-6)16(26)24-15-19(28,14(25)20(24,32-7)17(27)23(18)3)9-8-10(21)12(29-4)13(30-5)11(9)22(15)2/h8,14-15,25,28H,1-7H3/t14-,15+,18+,19+,20-/m0/s1. The van der Waals surface area contributed by atoms with Crippen LogP contribution in [-0.4, -0.2) is 94.7 Å². The number of rotatable bonds is 4. The van der Waals surface area contributed by atoms with Gasteiger partial charge in [0.15, 0.2) is 26.8 Å². The number of nitrogens with zero attached hydrogens (tertiary/aromatic N) is 3. The molecule has 0 spiro atoms. The molecule has 12 heteroatoms. The molecule has 0 aromatic heterocycles. The van der Waals surface area contributed by atoms with Gasteiger partial charge < -0.3 is 29.5 Å². The number of piperazine rings is 1. The van der Waals surface area contributed by atoms with E-state index in [2.05, 4.69) is 0 Å². The van der Waals surface area contributed by atoms with Crippen molar-refractivity contribution < 1.29 is 29.3 Å². The number of amides is 2. The van der Waals surface area contributed by atoms with E-state index in [9.17, 15) is 19.8 Å². The lowest BCUT2D eigenvalue weighted by atomic mass is 9.87. The van der Waals surface area contributed by atoms with Gasteiger partial charge in [-0.2, -0.15) is 0 Å². The van der Waals surface area contributed by atoms with Crippen LogP contribution in [0.2, 0.25) is 5.02 Å². The highest BCUT2D eigenvalue weighted by atomic mass is 35.5. The lowest BCUT2D eigenvalue weighted by molar-refractivity contribution is -0.166. The van der Waals surface area contributed by atoms with Crippen molar-refractivity contribution in [1.29, 1.82) is 0 Å². The van der Waals surface area contributed by atoms with E-state index in [1.165, 1.54) is 41.8 Å². The first-order valence-electron chi connectivity index (χ1n) is 9.75. The van der Waals surface area contributed by atoms with Gasteiger partial charge in [-0.1, -0.05) is 11.6 Å². The van der Waals surface area contributed by atoms with Crippen LogP contribution in [0, 0.1) is 0 Å². The number of benzene rings is 1. The van der Waals surface area contributed by atoms with Gasteiger partial charge in [0.2, 0.25) is 0 Å². The summed E-state index contributed by atoms with van der Waals surface area (Å²) >= 11 is 8.68. The van der Waals surface area contributed by atoms with Crippen molar-refractivity contribution in [2.24, 2.45) is 0 Å². The molecule has 2 fully saturated rings. The minimum Gasteiger partial charge on any atom is -0.491 e. The third kappa shape index (κ3) is 2.31. The summed E-state index contributed by atoms with van der Waals surface area (Å²) in [6.07, 6.45) is 0.670. The predicted molar refractivity (Wildman–Crippen MR) is 124 cm³/mol. The number of likely N-dealkylation sites (N-methyl/N-ethyl adjacent to an activating group) is 2. The number of carbonyl (C=O) groups excluding carboxylic acids is 2. The van der Waals surface area contributed by atoms with Crippen molar-refractivity contribution in [3.05, 3.63) is 16.7 Å². The summed E-state index contributed by atoms with van der Waals surface area (Å²) in [5.41, 5.74) is -1.32. The Morgan fingerprint density at radius 1 is 1.09 bits per heavy atom. The van der Waals surface area contributed by atoms with Gasteiger partial charge in [0.1, 0.15) is 12.3 Å². The second-order valence-corrected chi connectivity index (χ2v) is 10.8. The second kappa shape index (κ2) is 7.23. The molecule has 2 N–H and O–H groups in total. The van der Waals surface area contributed by atoms with Gasteiger partial charge in [0, 0.05) is 19.7 Å². The zero-order valence-electron chi connectivity index (χ0n) is 18.8. The number of ether oxygens (including phenoxy) is 2. The van der Waals surface area contributed by atoms with Gasteiger partial charge in [0.05, 0.1) is 24.9 Å². The molecule has 0 unspecified atom stereocenters. The molecule has 2 amide bonds. The first kappa shape index (κ1) is 23.6. The Morgan fingerprint density at radius 3 is 2.19 bits per heavy atom. The molecular formula is C20H26ClN3O6S2. The molecule has 0 aliphatic carbocycles. The van der Waals surface area contributed by atoms with E-state index in [1.54, 1.807) is 38.4 Å². The van der Waals surface area contributed by atoms with E-state index < -0.39 is 39.4 Å². The highest BCUT2D eigenvalue weighted by molar-refractivity contribution is 8.01. The molecule has 0 saturated carbocycles. The minimum absolute atomic E-state index is 0.171. The highest BCUT2D eigenvalue weighted by Gasteiger charge is 2.79. The summed E-state index contributed by atoms with van der Waals surface area (Å²) in [5, 5.41) is 23.9. The first-order chi connectivity index (χ1) is 14.9. The number of hydrogen-bond acceptors (Lipinski definition) is 9. The Bertz CT molecular complexity index is 1030. The minimum atomic E-state index is -2.01. The summed E-state index contributed by atoms with van der Waals surface area (Å²) in [4.78, 5) is 29.0. The number of fused-ring (bicyclic) bond motifs is 5. The molecular weight excluding hydrogens is 478 g/mol. The smallest absolute Gasteiger partial charge is 0.263 e. The number of halogens is 1. The van der Waals surface area contributed by atoms with Crippen LogP contribution in [0.3, 0.4) is 0 Å². The highest BCUT2D eigenvalue weighted by Crippen LogP contribution is 2.64. The van der Waals surface area contributed by atoms with Crippen LogP contribution in [0.15, 0.2) is 6.07 Å². The fraction of sp³-hybridized carbons (Fsp3) is 0.600. The Labute approximate surface area is 199 Å². The van der Waals surface area contributed by atoms with Crippen LogP contribution < -0.4 is 14.4 Å². The molecule has 9 nitrogen and oxygen atoms in total. The fourth-order valence-electron chi connectivity index (χ4n) is 5.27. The first-order valence-corrected chi connectivity index (χ1v) is 12.6. The van der Waals surface area contributed by atoms with Crippen LogP contribution in [0.1, 0.15) is 12.5 Å². The summed E-state index contributed by atoms with van der Waals surface area (Å²) in [6, 6.07) is 1.50. The zero-order valence-corrected chi connectivity index (χ0v) is 21.2. The van der Waals surface area contributed by atoms with Crippen molar-refractivity contribution in [2.45, 2.75) is 34.5 Å². The molecule has 2 saturated heterocycles. The van der Waals surface area contributed by atoms with Crippen molar-refractivity contribution >= 4 is 52.6 Å². The average molecular weight is 504 g/mol. The molecule has 176 valence electrons. The second-order valence-electron chi connectivity index (χ2n) is 8.16. The van der Waals surface area contributed by atoms with Crippen molar-refractivity contribution in [3.63, 3.8) is 0 Å². The maximum absolute atomic E-state index is 13.9. The molecule has 3 aliphatic heterocycles. The summed E-state index contributed by atoms with van der Waals surface area (Å²) in [6.45, 7) is 1.66. The van der Waals surface area contributed by atoms with Crippen LogP contribution >= 0.6 is 35.1 Å². The maximum atomic E-state index is 13.9. The van der Waals surface area contributed by atoms with Crippen molar-refractivity contribution in [1.82, 2.24) is 9.80 Å². The molecule has 4 rings (SSSR count). The quantitative estimate of drug-likeness (QED) is 0.626. The van der Waals surface area contributed by atoms with Crippen molar-refractivity contribution in [2.75, 3.05) is 45.7 Å². The number of anilines is 1. The Hall–Kier alpha value is -1.53. The number of carbonyl (C=O) groups is 2. The number of methoxy groups -OCH3 is 2. The number of aliphatic hydroxyl groups is 2. The van der Waals surface area contributed by atoms with Crippen LogP contribution in [0.25, 0.3) is 0 Å². The lowest BCUT2D eigenvalue weighted by Crippen LogP contribution is -2.75. The Kier molecular flexibility index (Phi) is 5.34. The van der Waals surface area contributed by atoms with Crippen LogP contribution in [0.5, 0.6) is 11.5 Å². The summed E-state index contributed by atoms with van der Waals surface area (Å²) < 4.78 is 11.0. The number of thioether (sulfide) groups is 2. The third-order valence-corrected chi connectivity index (χ3v) is 9.82. The van der Waals surface area contributed by atoms with Gasteiger partial charge in [-0.3, -0.25) is 14.5 Å². The number of hydrogen-bond donors (Lipinski definition) is 2. The van der Waals surface area contributed by atoms with Crippen LogP contribution in [0.4, 0.5) is 5.69 Å². The Balaban J connectivity index is 2.05. The normalized spacial score (nSPS) is 35.8. The van der Waals surface area contributed by atoms with Gasteiger partial charge >= 0.3 is 0 Å². The van der Waals surface area contributed by atoms with E-state index in [0.29, 0.717) is 5.69 Å². The zero-order chi connectivity index (χ0) is 24.0. The Morgan fingerprint density at radius 2 is 1.69 bits per heavy atom. The van der Waals surface area contributed by atoms with Gasteiger partial charge in [-0.15, -0.1) is 23.5 Å². The third-order valence-electron chi connectivity index (χ3n) is 7.08. The summed E-state index contributed by atoms with van der Waals surface area (Å²) in [5.74, 6) is -0.317.